The Kier molecular flexibility index (Phi) is 1.93. The van der Waals surface area contributed by atoms with Gasteiger partial charge in [0.15, 0.2) is 0 Å². The maximum absolute atomic E-state index is 5.61. The van der Waals surface area contributed by atoms with Gasteiger partial charge in [-0.05, 0) is 19.9 Å². The number of ether oxygens (including phenoxy) is 1. The van der Waals surface area contributed by atoms with Crippen LogP contribution in [0, 0.1) is 0 Å². The molecule has 2 rings (SSSR count). The second-order valence-electron chi connectivity index (χ2n) is 3.26. The molecule has 0 atom stereocenters. The summed E-state index contributed by atoms with van der Waals surface area (Å²) in [4.78, 5) is 0. The molecule has 1 N–H and O–H groups in total. The van der Waals surface area contributed by atoms with Crippen molar-refractivity contribution in [3.8, 4) is 5.75 Å². The quantitative estimate of drug-likeness (QED) is 0.762. The van der Waals surface area contributed by atoms with Crippen molar-refractivity contribution in [3.05, 3.63) is 24.4 Å². The Morgan fingerprint density at radius 3 is 3.00 bits per heavy atom. The normalized spacial score (nSPS) is 11.0. The maximum Gasteiger partial charge on any atom is 0.145 e. The first kappa shape index (κ1) is 8.10. The zero-order valence-corrected chi connectivity index (χ0v) is 7.74. The first-order chi connectivity index (χ1) is 6.27. The highest BCUT2D eigenvalue weighted by Crippen LogP contribution is 2.23. The third kappa shape index (κ3) is 1.49. The molecule has 1 heterocycles. The van der Waals surface area contributed by atoms with Crippen LogP contribution in [0.4, 0.5) is 0 Å². The van der Waals surface area contributed by atoms with Gasteiger partial charge in [0, 0.05) is 5.39 Å². The van der Waals surface area contributed by atoms with Gasteiger partial charge in [0.05, 0.1) is 12.3 Å². The minimum atomic E-state index is 0.189. The first-order valence-electron chi connectivity index (χ1n) is 4.36. The van der Waals surface area contributed by atoms with E-state index in [0.29, 0.717) is 0 Å². The van der Waals surface area contributed by atoms with Gasteiger partial charge in [-0.2, -0.15) is 5.10 Å². The zero-order valence-electron chi connectivity index (χ0n) is 7.74. The van der Waals surface area contributed by atoms with Gasteiger partial charge in [-0.25, -0.2) is 0 Å². The molecule has 0 saturated carbocycles. The van der Waals surface area contributed by atoms with Crippen LogP contribution < -0.4 is 4.74 Å². The molecule has 0 bridgehead atoms. The fourth-order valence-electron chi connectivity index (χ4n) is 1.29. The lowest BCUT2D eigenvalue weighted by atomic mass is 10.2. The van der Waals surface area contributed by atoms with Gasteiger partial charge >= 0.3 is 0 Å². The number of para-hydroxylation sites is 1. The van der Waals surface area contributed by atoms with E-state index in [0.717, 1.165) is 16.7 Å². The number of rotatable bonds is 2. The molecular weight excluding hydrogens is 164 g/mol. The average Bonchev–Trinajstić information content (AvgIpc) is 2.51. The van der Waals surface area contributed by atoms with Crippen LogP contribution >= 0.6 is 0 Å². The summed E-state index contributed by atoms with van der Waals surface area (Å²) >= 11 is 0. The Bertz CT molecular complexity index is 406. The van der Waals surface area contributed by atoms with Crippen LogP contribution in [0.5, 0.6) is 5.75 Å². The minimum absolute atomic E-state index is 0.189. The fraction of sp³-hybridized carbons (Fsp3) is 0.300. The van der Waals surface area contributed by atoms with E-state index in [2.05, 4.69) is 10.2 Å². The zero-order chi connectivity index (χ0) is 9.26. The predicted octanol–water partition coefficient (Wildman–Crippen LogP) is 2.35. The number of benzene rings is 1. The van der Waals surface area contributed by atoms with Crippen LogP contribution in [-0.4, -0.2) is 16.3 Å². The molecule has 0 saturated heterocycles. The average molecular weight is 176 g/mol. The van der Waals surface area contributed by atoms with Crippen molar-refractivity contribution in [2.24, 2.45) is 0 Å². The van der Waals surface area contributed by atoms with Crippen LogP contribution in [0.15, 0.2) is 24.4 Å². The van der Waals surface area contributed by atoms with Crippen LogP contribution in [0.3, 0.4) is 0 Å². The summed E-state index contributed by atoms with van der Waals surface area (Å²) in [7, 11) is 0. The van der Waals surface area contributed by atoms with Gasteiger partial charge in [0.2, 0.25) is 0 Å². The van der Waals surface area contributed by atoms with Crippen molar-refractivity contribution in [2.75, 3.05) is 0 Å². The Labute approximate surface area is 76.7 Å². The van der Waals surface area contributed by atoms with Crippen molar-refractivity contribution >= 4 is 10.9 Å². The topological polar surface area (TPSA) is 37.9 Å². The number of nitrogens with one attached hydrogen (secondary N) is 1. The second-order valence-corrected chi connectivity index (χ2v) is 3.26. The summed E-state index contributed by atoms with van der Waals surface area (Å²) in [6, 6.07) is 5.92. The Morgan fingerprint density at radius 1 is 1.38 bits per heavy atom. The van der Waals surface area contributed by atoms with Gasteiger partial charge in [-0.1, -0.05) is 12.1 Å². The number of nitrogens with zero attached hydrogens (tertiary/aromatic N) is 1. The highest BCUT2D eigenvalue weighted by Gasteiger charge is 2.04. The Morgan fingerprint density at radius 2 is 2.23 bits per heavy atom. The largest absolute Gasteiger partial charge is 0.489 e. The lowest BCUT2D eigenvalue weighted by Crippen LogP contribution is -2.05. The standard InChI is InChI=1S/C10H12N2O/c1-7(2)13-9-5-3-4-8-6-11-12-10(8)9/h3-7H,1-2H3,(H,11,12). The molecule has 0 fully saturated rings. The summed E-state index contributed by atoms with van der Waals surface area (Å²) in [5.74, 6) is 0.866. The van der Waals surface area contributed by atoms with Gasteiger partial charge in [-0.3, -0.25) is 5.10 Å². The number of hydrogen-bond donors (Lipinski definition) is 1. The molecule has 0 unspecified atom stereocenters. The van der Waals surface area contributed by atoms with E-state index in [4.69, 9.17) is 4.74 Å². The molecule has 0 aliphatic carbocycles. The highest BCUT2D eigenvalue weighted by molar-refractivity contribution is 5.83. The lowest BCUT2D eigenvalue weighted by Gasteiger charge is -2.09. The number of fused-ring (bicyclic) bond motifs is 1. The van der Waals surface area contributed by atoms with Gasteiger partial charge in [-0.15, -0.1) is 0 Å². The monoisotopic (exact) mass is 176 g/mol. The van der Waals surface area contributed by atoms with Crippen LogP contribution in [0.2, 0.25) is 0 Å². The summed E-state index contributed by atoms with van der Waals surface area (Å²) in [5.41, 5.74) is 0.969. The van der Waals surface area contributed by atoms with E-state index in [1.54, 1.807) is 6.20 Å². The lowest BCUT2D eigenvalue weighted by molar-refractivity contribution is 0.245. The van der Waals surface area contributed by atoms with E-state index in [1.807, 2.05) is 32.0 Å². The fourth-order valence-corrected chi connectivity index (χ4v) is 1.29. The van der Waals surface area contributed by atoms with Gasteiger partial charge in [0.1, 0.15) is 11.3 Å². The van der Waals surface area contributed by atoms with Crippen molar-refractivity contribution in [1.29, 1.82) is 0 Å². The third-order valence-corrected chi connectivity index (χ3v) is 1.80. The predicted molar refractivity (Wildman–Crippen MR) is 51.9 cm³/mol. The van der Waals surface area contributed by atoms with Crippen molar-refractivity contribution in [3.63, 3.8) is 0 Å². The summed E-state index contributed by atoms with van der Waals surface area (Å²) in [6.45, 7) is 4.02. The molecule has 1 aromatic heterocycles. The molecule has 13 heavy (non-hydrogen) atoms. The molecule has 0 radical (unpaired) electrons. The van der Waals surface area contributed by atoms with E-state index in [9.17, 15) is 0 Å². The van der Waals surface area contributed by atoms with Crippen molar-refractivity contribution < 1.29 is 4.74 Å². The molecule has 68 valence electrons. The van der Waals surface area contributed by atoms with Crippen LogP contribution in [0.25, 0.3) is 10.9 Å². The van der Waals surface area contributed by atoms with E-state index in [-0.39, 0.29) is 6.10 Å². The summed E-state index contributed by atoms with van der Waals surface area (Å²) in [5, 5.41) is 7.96. The van der Waals surface area contributed by atoms with E-state index < -0.39 is 0 Å². The third-order valence-electron chi connectivity index (χ3n) is 1.80. The molecule has 0 spiro atoms. The van der Waals surface area contributed by atoms with Crippen LogP contribution in [-0.2, 0) is 0 Å². The molecule has 3 nitrogen and oxygen atoms in total. The van der Waals surface area contributed by atoms with E-state index in [1.165, 1.54) is 0 Å². The number of hydrogen-bond acceptors (Lipinski definition) is 2. The maximum atomic E-state index is 5.61. The highest BCUT2D eigenvalue weighted by atomic mass is 16.5. The molecule has 1 aromatic carbocycles. The van der Waals surface area contributed by atoms with Gasteiger partial charge in [0.25, 0.3) is 0 Å². The van der Waals surface area contributed by atoms with E-state index >= 15 is 0 Å². The smallest absolute Gasteiger partial charge is 0.145 e. The SMILES string of the molecule is CC(C)Oc1cccc2cn[nH]c12. The van der Waals surface area contributed by atoms with Crippen molar-refractivity contribution in [2.45, 2.75) is 20.0 Å². The molecular formula is C10H12N2O. The minimum Gasteiger partial charge on any atom is -0.489 e. The first-order valence-corrected chi connectivity index (χ1v) is 4.36. The molecule has 0 amide bonds. The Balaban J connectivity index is 2.48. The Hall–Kier alpha value is -1.51. The van der Waals surface area contributed by atoms with Crippen molar-refractivity contribution in [1.82, 2.24) is 10.2 Å². The van der Waals surface area contributed by atoms with Crippen LogP contribution in [0.1, 0.15) is 13.8 Å². The van der Waals surface area contributed by atoms with Gasteiger partial charge < -0.3 is 4.74 Å². The summed E-state index contributed by atoms with van der Waals surface area (Å²) in [6.07, 6.45) is 1.98. The molecule has 0 aliphatic rings. The molecule has 3 heteroatoms. The number of H-pyrrole nitrogens is 1. The molecule has 2 aromatic rings. The second kappa shape index (κ2) is 3.09. The number of aromatic amines is 1. The number of aromatic nitrogens is 2. The summed E-state index contributed by atoms with van der Waals surface area (Å²) < 4.78 is 5.61. The molecule has 0 aliphatic heterocycles.